The summed E-state index contributed by atoms with van der Waals surface area (Å²) in [6, 6.07) is 17.4. The van der Waals surface area contributed by atoms with Crippen molar-refractivity contribution in [3.63, 3.8) is 0 Å². The van der Waals surface area contributed by atoms with Crippen LogP contribution in [0.25, 0.3) is 33.5 Å². The number of nitrogens with one attached hydrogen (secondary N) is 3. The molecule has 4 aliphatic rings. The third-order valence-corrected chi connectivity index (χ3v) is 13.9. The number of piperidine rings is 2. The second-order valence-corrected chi connectivity index (χ2v) is 19.0. The SMILES string of the molecule is COc1ccc(C(=O)N2CCC(OC3CCN(Cc4ccc(-c5cc6c(-c7cc(F)cc(NC(=O)N8CC(O)C(CC(C)C)C8)c7C)ncnc6[nH]5)cc4)CC3)CC2)cc1N1CCC(=O)NC1=O. The number of hydrogen-bond donors (Lipinski definition) is 4. The Morgan fingerprint density at radius 2 is 1.65 bits per heavy atom. The molecule has 6 heterocycles. The zero-order valence-electron chi connectivity index (χ0n) is 39.1. The second-order valence-electron chi connectivity index (χ2n) is 19.0. The standard InChI is InChI=1S/C51H60FN9O7/c1-30(2)21-35-27-60(28-44(35)62)50(65)56-41-24-36(52)23-39(31(41)3)47-40-25-42(55-48(40)54-29-53-47)33-7-5-32(6-8-33)26-58-16-11-37(12-17-58)68-38-13-18-59(19-14-38)49(64)34-9-10-45(67-4)43(22-34)61-20-15-46(63)57-51(61)66/h5-10,22-25,29-30,35,37-38,44,62H,11-21,26-28H2,1-4H3,(H,56,65)(H,53,54,55)(H,57,63,66). The Morgan fingerprint density at radius 1 is 0.912 bits per heavy atom. The number of hydrogen-bond acceptors (Lipinski definition) is 10. The summed E-state index contributed by atoms with van der Waals surface area (Å²) in [7, 11) is 1.51. The molecular formula is C51H60FN9O7. The summed E-state index contributed by atoms with van der Waals surface area (Å²) in [6.45, 7) is 10.7. The molecule has 17 heteroatoms. The molecule has 9 rings (SSSR count). The first-order valence-electron chi connectivity index (χ1n) is 23.7. The predicted octanol–water partition coefficient (Wildman–Crippen LogP) is 7.35. The van der Waals surface area contributed by atoms with E-state index in [-0.39, 0.29) is 55.5 Å². The molecule has 0 spiro atoms. The van der Waals surface area contributed by atoms with Gasteiger partial charge in [-0.15, -0.1) is 0 Å². The highest BCUT2D eigenvalue weighted by Crippen LogP contribution is 2.36. The van der Waals surface area contributed by atoms with Crippen LogP contribution in [0.1, 0.15) is 73.9 Å². The first kappa shape index (κ1) is 46.7. The number of nitrogens with zero attached hydrogens (tertiary/aromatic N) is 6. The summed E-state index contributed by atoms with van der Waals surface area (Å²) < 4.78 is 27.3. The molecule has 68 heavy (non-hydrogen) atoms. The molecule has 0 saturated carbocycles. The molecule has 0 radical (unpaired) electrons. The summed E-state index contributed by atoms with van der Waals surface area (Å²) in [5, 5.41) is 16.5. The number of methoxy groups -OCH3 is 1. The number of H-pyrrole nitrogens is 1. The Kier molecular flexibility index (Phi) is 13.8. The summed E-state index contributed by atoms with van der Waals surface area (Å²) in [5.74, 6) is -0.0859. The number of rotatable bonds is 12. The number of carbonyl (C=O) groups is 4. The fourth-order valence-corrected chi connectivity index (χ4v) is 10.1. The van der Waals surface area contributed by atoms with Crippen molar-refractivity contribution in [1.82, 2.24) is 35.0 Å². The second kappa shape index (κ2) is 20.0. The average Bonchev–Trinajstić information content (AvgIpc) is 3.94. The highest BCUT2D eigenvalue weighted by Gasteiger charge is 2.35. The van der Waals surface area contributed by atoms with Crippen molar-refractivity contribution < 1.29 is 38.1 Å². The van der Waals surface area contributed by atoms with Crippen molar-refractivity contribution in [2.75, 3.05) is 63.1 Å². The van der Waals surface area contributed by atoms with Crippen LogP contribution in [-0.4, -0.2) is 130 Å². The van der Waals surface area contributed by atoms with E-state index in [9.17, 15) is 24.3 Å². The molecule has 4 fully saturated rings. The minimum absolute atomic E-state index is 0.00710. The van der Waals surface area contributed by atoms with Crippen LogP contribution in [0.2, 0.25) is 0 Å². The predicted molar refractivity (Wildman–Crippen MR) is 256 cm³/mol. The summed E-state index contributed by atoms with van der Waals surface area (Å²) in [4.78, 5) is 71.0. The number of carbonyl (C=O) groups excluding carboxylic acids is 4. The lowest BCUT2D eigenvalue weighted by Crippen LogP contribution is -2.49. The number of urea groups is 2. The molecule has 4 N–H and O–H groups in total. The lowest BCUT2D eigenvalue weighted by atomic mass is 9.95. The number of likely N-dealkylation sites (tertiary alicyclic amines) is 3. The smallest absolute Gasteiger partial charge is 0.328 e. The Labute approximate surface area is 395 Å². The number of β-amino-alcohol motifs (C(OH)–C–C–N with tert-alkyl or cyclic N) is 1. The van der Waals surface area contributed by atoms with Crippen LogP contribution >= 0.6 is 0 Å². The van der Waals surface area contributed by atoms with Crippen molar-refractivity contribution in [2.45, 2.75) is 84.2 Å². The Balaban J connectivity index is 0.764. The van der Waals surface area contributed by atoms with Gasteiger partial charge in [0.25, 0.3) is 5.91 Å². The van der Waals surface area contributed by atoms with Gasteiger partial charge in [0.1, 0.15) is 23.5 Å². The average molecular weight is 930 g/mol. The number of aromatic amines is 1. The minimum Gasteiger partial charge on any atom is -0.495 e. The van der Waals surface area contributed by atoms with Gasteiger partial charge in [0.05, 0.1) is 36.8 Å². The van der Waals surface area contributed by atoms with Crippen LogP contribution < -0.4 is 20.3 Å². The number of imide groups is 1. The molecule has 6 amide bonds. The number of aromatic nitrogens is 3. The minimum atomic E-state index is -0.588. The number of anilines is 2. The van der Waals surface area contributed by atoms with Gasteiger partial charge in [0.2, 0.25) is 5.91 Å². The zero-order chi connectivity index (χ0) is 47.6. The Bertz CT molecular complexity index is 2680. The van der Waals surface area contributed by atoms with Crippen LogP contribution in [0, 0.1) is 24.6 Å². The number of aliphatic hydroxyl groups is 1. The quantitative estimate of drug-likeness (QED) is 0.0987. The van der Waals surface area contributed by atoms with Gasteiger partial charge in [-0.3, -0.25) is 24.7 Å². The van der Waals surface area contributed by atoms with Crippen LogP contribution in [0.3, 0.4) is 0 Å². The Hall–Kier alpha value is -6.43. The van der Waals surface area contributed by atoms with Crippen LogP contribution in [0.4, 0.5) is 25.4 Å². The van der Waals surface area contributed by atoms with E-state index in [1.807, 2.05) is 17.9 Å². The molecule has 2 atom stereocenters. The van der Waals surface area contributed by atoms with E-state index in [1.54, 1.807) is 23.1 Å². The van der Waals surface area contributed by atoms with Gasteiger partial charge in [-0.2, -0.15) is 0 Å². The number of amides is 6. The van der Waals surface area contributed by atoms with Gasteiger partial charge in [0.15, 0.2) is 0 Å². The molecule has 0 bridgehead atoms. The van der Waals surface area contributed by atoms with E-state index in [4.69, 9.17) is 9.47 Å². The number of halogens is 1. The topological polar surface area (TPSA) is 186 Å². The monoisotopic (exact) mass is 929 g/mol. The van der Waals surface area contributed by atoms with E-state index in [0.29, 0.717) is 70.7 Å². The lowest BCUT2D eigenvalue weighted by molar-refractivity contribution is -0.120. The Morgan fingerprint density at radius 3 is 2.35 bits per heavy atom. The number of aliphatic hydroxyl groups excluding tert-OH is 1. The van der Waals surface area contributed by atoms with Crippen LogP contribution in [0.15, 0.2) is 67.0 Å². The maximum absolute atomic E-state index is 15.2. The van der Waals surface area contributed by atoms with Crippen molar-refractivity contribution in [1.29, 1.82) is 0 Å². The molecule has 2 unspecified atom stereocenters. The van der Waals surface area contributed by atoms with Gasteiger partial charge in [-0.1, -0.05) is 38.1 Å². The molecule has 0 aliphatic carbocycles. The number of benzene rings is 3. The first-order chi connectivity index (χ1) is 32.8. The van der Waals surface area contributed by atoms with Crippen molar-refractivity contribution in [3.05, 3.63) is 89.5 Å². The van der Waals surface area contributed by atoms with E-state index < -0.39 is 18.0 Å². The van der Waals surface area contributed by atoms with Crippen molar-refractivity contribution in [3.8, 4) is 28.3 Å². The van der Waals surface area contributed by atoms with Crippen molar-refractivity contribution in [2.24, 2.45) is 11.8 Å². The third kappa shape index (κ3) is 10.2. The first-order valence-corrected chi connectivity index (χ1v) is 23.7. The fraction of sp³-hybridized carbons (Fsp3) is 0.451. The third-order valence-electron chi connectivity index (χ3n) is 13.9. The molecule has 2 aromatic heterocycles. The highest BCUT2D eigenvalue weighted by molar-refractivity contribution is 6.07. The molecule has 5 aromatic rings. The van der Waals surface area contributed by atoms with E-state index in [1.165, 1.54) is 36.0 Å². The van der Waals surface area contributed by atoms with Crippen molar-refractivity contribution >= 4 is 46.3 Å². The van der Waals surface area contributed by atoms with E-state index in [2.05, 4.69) is 68.6 Å². The maximum Gasteiger partial charge on any atom is 0.328 e. The molecule has 16 nitrogen and oxygen atoms in total. The summed E-state index contributed by atoms with van der Waals surface area (Å²) in [6.07, 6.45) is 5.46. The van der Waals surface area contributed by atoms with Crippen LogP contribution in [-0.2, 0) is 16.1 Å². The summed E-state index contributed by atoms with van der Waals surface area (Å²) >= 11 is 0. The van der Waals surface area contributed by atoms with Gasteiger partial charge in [-0.05, 0) is 98.0 Å². The van der Waals surface area contributed by atoms with Gasteiger partial charge in [-0.25, -0.2) is 23.9 Å². The lowest BCUT2D eigenvalue weighted by Gasteiger charge is -2.37. The highest BCUT2D eigenvalue weighted by atomic mass is 19.1. The van der Waals surface area contributed by atoms with E-state index in [0.717, 1.165) is 68.4 Å². The molecule has 4 aliphatic heterocycles. The van der Waals surface area contributed by atoms with Gasteiger partial charge in [0, 0.05) is 92.6 Å². The van der Waals surface area contributed by atoms with Crippen LogP contribution in [0.5, 0.6) is 5.75 Å². The summed E-state index contributed by atoms with van der Waals surface area (Å²) in [5.41, 5.74) is 6.68. The molecule has 3 aromatic carbocycles. The fourth-order valence-electron chi connectivity index (χ4n) is 10.1. The molecule has 358 valence electrons. The molecular weight excluding hydrogens is 870 g/mol. The normalized spacial score (nSPS) is 19.8. The zero-order valence-corrected chi connectivity index (χ0v) is 39.1. The number of ether oxygens (including phenoxy) is 2. The van der Waals surface area contributed by atoms with Gasteiger partial charge < -0.3 is 34.7 Å². The molecule has 4 saturated heterocycles. The van der Waals surface area contributed by atoms with E-state index >= 15 is 4.39 Å². The number of fused-ring (bicyclic) bond motifs is 1. The maximum atomic E-state index is 15.2. The van der Waals surface area contributed by atoms with Gasteiger partial charge >= 0.3 is 12.1 Å². The largest absolute Gasteiger partial charge is 0.495 e.